The van der Waals surface area contributed by atoms with Gasteiger partial charge in [-0.25, -0.2) is 5.48 Å². The number of aldehydes is 1. The van der Waals surface area contributed by atoms with Crippen molar-refractivity contribution in [2.24, 2.45) is 5.92 Å². The molecule has 2 heterocycles. The predicted octanol–water partition coefficient (Wildman–Crippen LogP) is 6.60. The summed E-state index contributed by atoms with van der Waals surface area (Å²) in [6, 6.07) is 7.81. The van der Waals surface area contributed by atoms with Crippen molar-refractivity contribution in [3.63, 3.8) is 0 Å². The zero-order valence-corrected chi connectivity index (χ0v) is 27.8. The number of nitrogens with zero attached hydrogens (tertiary/aromatic N) is 2. The lowest BCUT2D eigenvalue weighted by Gasteiger charge is -2.32. The number of carbonyl (C=O) groups excluding carboxylic acids is 3. The number of allylic oxidation sites excluding steroid dienone is 2. The van der Waals surface area contributed by atoms with Crippen LogP contribution in [0.3, 0.4) is 0 Å². The molecule has 2 atom stereocenters. The van der Waals surface area contributed by atoms with Gasteiger partial charge in [0.2, 0.25) is 12.3 Å². The van der Waals surface area contributed by atoms with Gasteiger partial charge < -0.3 is 19.6 Å². The van der Waals surface area contributed by atoms with E-state index < -0.39 is 0 Å². The number of rotatable bonds is 15. The highest BCUT2D eigenvalue weighted by atomic mass is 16.6. The molecule has 44 heavy (non-hydrogen) atoms. The van der Waals surface area contributed by atoms with Crippen LogP contribution in [0, 0.1) is 18.8 Å². The molecule has 2 amide bonds. The predicted molar refractivity (Wildman–Crippen MR) is 181 cm³/mol. The van der Waals surface area contributed by atoms with Gasteiger partial charge >= 0.3 is 0 Å². The lowest BCUT2D eigenvalue weighted by atomic mass is 9.97. The molecule has 8 heteroatoms. The first-order valence-electron chi connectivity index (χ1n) is 16.3. The summed E-state index contributed by atoms with van der Waals surface area (Å²) in [6.07, 6.45) is 23.5. The third kappa shape index (κ3) is 13.1. The molecule has 1 aliphatic carbocycles. The smallest absolute Gasteiger partial charge is 0.230 e. The lowest BCUT2D eigenvalue weighted by molar-refractivity contribution is -0.137. The number of nitrogens with one attached hydrogen (secondary N) is 2. The number of unbranched alkanes of at least 4 members (excludes halogenated alkanes) is 4. The summed E-state index contributed by atoms with van der Waals surface area (Å²) in [5.74, 6) is 0.555. The van der Waals surface area contributed by atoms with E-state index >= 15 is 0 Å². The summed E-state index contributed by atoms with van der Waals surface area (Å²) < 4.78 is 0. The number of hydrogen-bond donors (Lipinski definition) is 2. The molecule has 2 aromatic rings. The van der Waals surface area contributed by atoms with Crippen LogP contribution < -0.4 is 5.48 Å². The van der Waals surface area contributed by atoms with E-state index in [4.69, 9.17) is 4.84 Å². The van der Waals surface area contributed by atoms with Crippen LogP contribution in [0.2, 0.25) is 0 Å². The molecule has 0 radical (unpaired) electrons. The number of para-hydroxylation sites is 1. The number of benzene rings is 1. The fraction of sp³-hybridized carbons (Fsp3) is 0.583. The fourth-order valence-corrected chi connectivity index (χ4v) is 5.84. The molecule has 4 rings (SSSR count). The van der Waals surface area contributed by atoms with Crippen LogP contribution >= 0.6 is 0 Å². The summed E-state index contributed by atoms with van der Waals surface area (Å²) in [5.41, 5.74) is 7.15. The molecule has 1 aromatic carbocycles. The van der Waals surface area contributed by atoms with Crippen molar-refractivity contribution >= 4 is 29.5 Å². The van der Waals surface area contributed by atoms with E-state index in [9.17, 15) is 14.4 Å². The van der Waals surface area contributed by atoms with Crippen molar-refractivity contribution in [2.75, 3.05) is 27.2 Å². The first-order chi connectivity index (χ1) is 21.5. The number of aromatic nitrogens is 1. The Morgan fingerprint density at radius 3 is 2.52 bits per heavy atom. The van der Waals surface area contributed by atoms with Crippen molar-refractivity contribution < 1.29 is 19.2 Å². The van der Waals surface area contributed by atoms with Gasteiger partial charge in [0.15, 0.2) is 0 Å². The summed E-state index contributed by atoms with van der Waals surface area (Å²) in [6.45, 7) is 8.26. The Balaban J connectivity index is 0.000000422. The van der Waals surface area contributed by atoms with Crippen molar-refractivity contribution in [3.05, 3.63) is 47.2 Å². The van der Waals surface area contributed by atoms with Crippen molar-refractivity contribution in [2.45, 2.75) is 104 Å². The highest BCUT2D eigenvalue weighted by molar-refractivity contribution is 5.87. The largest absolute Gasteiger partial charge is 0.357 e. The van der Waals surface area contributed by atoms with Gasteiger partial charge in [0, 0.05) is 41.9 Å². The molecular formula is C36H56N4O4. The summed E-state index contributed by atoms with van der Waals surface area (Å²) in [7, 11) is 4.12. The number of amides is 2. The van der Waals surface area contributed by atoms with Gasteiger partial charge in [0.05, 0.1) is 19.2 Å². The Morgan fingerprint density at radius 2 is 1.89 bits per heavy atom. The highest BCUT2D eigenvalue weighted by Crippen LogP contribution is 2.30. The maximum absolute atomic E-state index is 12.6. The first kappa shape index (κ1) is 38.6. The monoisotopic (exact) mass is 608 g/mol. The molecule has 1 aliphatic heterocycles. The van der Waals surface area contributed by atoms with Crippen LogP contribution in [-0.4, -0.2) is 66.7 Å². The lowest BCUT2D eigenvalue weighted by Crippen LogP contribution is -2.45. The van der Waals surface area contributed by atoms with Crippen LogP contribution in [0.4, 0.5) is 0 Å². The molecule has 0 spiro atoms. The third-order valence-electron chi connectivity index (χ3n) is 7.78. The Kier molecular flexibility index (Phi) is 20.2. The first-order valence-corrected chi connectivity index (χ1v) is 16.3. The number of fused-ring (bicyclic) bond motifs is 3. The molecule has 8 nitrogen and oxygen atoms in total. The summed E-state index contributed by atoms with van der Waals surface area (Å²) >= 11 is 0. The minimum absolute atomic E-state index is 0.105. The van der Waals surface area contributed by atoms with Gasteiger partial charge in [-0.05, 0) is 57.8 Å². The Morgan fingerprint density at radius 1 is 1.16 bits per heavy atom. The van der Waals surface area contributed by atoms with E-state index in [1.54, 1.807) is 10.5 Å². The summed E-state index contributed by atoms with van der Waals surface area (Å²) in [5, 5.41) is 1.17. The Labute approximate surface area is 265 Å². The second-order valence-electron chi connectivity index (χ2n) is 11.4. The average molecular weight is 609 g/mol. The zero-order chi connectivity index (χ0) is 32.7. The number of aromatic amines is 1. The standard InChI is InChI=1S/C20H26N2O2.C12H22N2O2.C2H6.C2H2/c1-2-3-4-5-6-11-20(24)22-13-19-17(12-15(22)14-23)16-9-7-8-10-18(16)21-19;1-14(2)8-12(9-16-13-10-15)7-11-5-3-4-6-11;2*1-2/h7-10,14-15,21H,2-6,11-13H2,1H3;5,10,12H,3-4,6-9H2,1-2H3,(H,13,15);1-2H3;1-2H. The molecule has 0 bridgehead atoms. The molecule has 0 saturated heterocycles. The van der Waals surface area contributed by atoms with Crippen molar-refractivity contribution in [1.29, 1.82) is 0 Å². The van der Waals surface area contributed by atoms with Crippen molar-refractivity contribution in [1.82, 2.24) is 20.3 Å². The Hall–Kier alpha value is -3.41. The number of terminal acetylenes is 1. The number of H-pyrrole nitrogens is 1. The quantitative estimate of drug-likeness (QED) is 0.0781. The van der Waals surface area contributed by atoms with Crippen LogP contribution in [0.15, 0.2) is 35.9 Å². The average Bonchev–Trinajstić information content (AvgIpc) is 3.69. The number of hydroxylamine groups is 1. The summed E-state index contributed by atoms with van der Waals surface area (Å²) in [4.78, 5) is 46.6. The SMILES string of the molecule is C#C.CC.CCCCCCCC(=O)N1Cc2[nH]c3ccccc3c2CC1C=O.CN(C)CC(CONC=O)CC1=CCCC1. The van der Waals surface area contributed by atoms with E-state index in [2.05, 4.69) is 61.4 Å². The minimum Gasteiger partial charge on any atom is -0.357 e. The van der Waals surface area contributed by atoms with Crippen LogP contribution in [0.5, 0.6) is 0 Å². The number of carbonyl (C=O) groups is 3. The zero-order valence-electron chi connectivity index (χ0n) is 27.8. The fourth-order valence-electron chi connectivity index (χ4n) is 5.84. The minimum atomic E-state index is -0.333. The molecular weight excluding hydrogens is 552 g/mol. The Bertz CT molecular complexity index is 1150. The van der Waals surface area contributed by atoms with Crippen LogP contribution in [0.25, 0.3) is 10.9 Å². The molecule has 2 unspecified atom stereocenters. The maximum atomic E-state index is 12.6. The van der Waals surface area contributed by atoms with Gasteiger partial charge in [-0.1, -0.05) is 76.3 Å². The molecule has 0 saturated carbocycles. The van der Waals surface area contributed by atoms with Crippen LogP contribution in [0.1, 0.15) is 96.2 Å². The van der Waals surface area contributed by atoms with Crippen LogP contribution in [-0.2, 0) is 32.2 Å². The topological polar surface area (TPSA) is 94.7 Å². The second kappa shape index (κ2) is 23.0. The van der Waals surface area contributed by atoms with E-state index in [0.29, 0.717) is 38.3 Å². The highest BCUT2D eigenvalue weighted by Gasteiger charge is 2.31. The molecule has 1 aromatic heterocycles. The van der Waals surface area contributed by atoms with E-state index in [-0.39, 0.29) is 11.9 Å². The van der Waals surface area contributed by atoms with E-state index in [0.717, 1.165) is 43.3 Å². The third-order valence-corrected chi connectivity index (χ3v) is 7.78. The molecule has 2 aliphatic rings. The van der Waals surface area contributed by atoms with Gasteiger partial charge in [0.25, 0.3) is 0 Å². The molecule has 2 N–H and O–H groups in total. The van der Waals surface area contributed by atoms with Gasteiger partial charge in [-0.15, -0.1) is 12.8 Å². The van der Waals surface area contributed by atoms with Gasteiger partial charge in [-0.3, -0.25) is 14.4 Å². The van der Waals surface area contributed by atoms with E-state index in [1.165, 1.54) is 49.5 Å². The normalized spacial score (nSPS) is 15.8. The van der Waals surface area contributed by atoms with Gasteiger partial charge in [0.1, 0.15) is 6.29 Å². The van der Waals surface area contributed by atoms with Gasteiger partial charge in [-0.2, -0.15) is 0 Å². The second-order valence-corrected chi connectivity index (χ2v) is 11.4. The molecule has 0 fully saturated rings. The number of hydrogen-bond acceptors (Lipinski definition) is 5. The van der Waals surface area contributed by atoms with E-state index in [1.807, 2.05) is 32.0 Å². The molecule has 244 valence electrons. The van der Waals surface area contributed by atoms with Crippen molar-refractivity contribution in [3.8, 4) is 12.8 Å². The maximum Gasteiger partial charge on any atom is 0.230 e.